The summed E-state index contributed by atoms with van der Waals surface area (Å²) < 4.78 is 5.83. The summed E-state index contributed by atoms with van der Waals surface area (Å²) >= 11 is 0. The number of hydrogen-bond donors (Lipinski definition) is 2. The van der Waals surface area contributed by atoms with Crippen LogP contribution in [-0.4, -0.2) is 35.6 Å². The molecule has 0 aromatic carbocycles. The molecule has 0 rings (SSSR count). The number of aliphatic hydroxyl groups excluding tert-OH is 2. The largest absolute Gasteiger partial charge is 0.393 e. The molecule has 2 atom stereocenters. The van der Waals surface area contributed by atoms with Crippen molar-refractivity contribution in [2.45, 2.75) is 193 Å². The van der Waals surface area contributed by atoms with Crippen LogP contribution in [-0.2, 0) is 4.74 Å². The fraction of sp³-hybridized carbons (Fsp3) is 0.889. The summed E-state index contributed by atoms with van der Waals surface area (Å²) in [6.45, 7) is 6.32. The molecule has 0 aromatic rings. The van der Waals surface area contributed by atoms with Crippen molar-refractivity contribution in [1.29, 1.82) is 0 Å². The molecule has 0 fully saturated rings. The van der Waals surface area contributed by atoms with Crippen LogP contribution in [0.25, 0.3) is 0 Å². The van der Waals surface area contributed by atoms with Crippen LogP contribution in [0.3, 0.4) is 0 Å². The first-order valence-corrected chi connectivity index (χ1v) is 17.4. The number of aliphatic hydroxyl groups is 2. The third-order valence-corrected chi connectivity index (χ3v) is 7.75. The van der Waals surface area contributed by atoms with Crippen molar-refractivity contribution in [1.82, 2.24) is 0 Å². The second-order valence-electron chi connectivity index (χ2n) is 11.9. The highest BCUT2D eigenvalue weighted by Gasteiger charge is 2.01. The van der Waals surface area contributed by atoms with Crippen molar-refractivity contribution >= 4 is 0 Å². The zero-order valence-corrected chi connectivity index (χ0v) is 26.6. The highest BCUT2D eigenvalue weighted by atomic mass is 16.5. The number of ether oxygens (including phenoxy) is 1. The van der Waals surface area contributed by atoms with Gasteiger partial charge in [-0.15, -0.1) is 0 Å². The molecule has 0 aliphatic heterocycles. The minimum Gasteiger partial charge on any atom is -0.393 e. The van der Waals surface area contributed by atoms with Crippen molar-refractivity contribution in [2.24, 2.45) is 0 Å². The second-order valence-corrected chi connectivity index (χ2v) is 11.9. The quantitative estimate of drug-likeness (QED) is 0.0647. The third kappa shape index (κ3) is 33.5. The van der Waals surface area contributed by atoms with E-state index in [4.69, 9.17) is 4.74 Å². The standard InChI is InChI=1S/C36H70O3/c1-3-5-7-23-29-35(37)31-25-19-15-11-9-13-17-21-27-33-39-34-28-22-18-14-10-12-16-20-26-32-36(38)30-24-8-6-4-2/h19-20,25-26,35-38H,3-18,21-24,27-34H2,1-2H3/b25-19-,26-20-/t35-,36-/m1/s1. The Balaban J connectivity index is 3.22. The van der Waals surface area contributed by atoms with E-state index >= 15 is 0 Å². The highest BCUT2D eigenvalue weighted by molar-refractivity contribution is 4.84. The Morgan fingerprint density at radius 2 is 0.795 bits per heavy atom. The molecule has 3 nitrogen and oxygen atoms in total. The van der Waals surface area contributed by atoms with Crippen LogP contribution in [0.15, 0.2) is 24.3 Å². The minimum atomic E-state index is -0.139. The molecule has 0 aliphatic rings. The lowest BCUT2D eigenvalue weighted by Crippen LogP contribution is -2.04. The van der Waals surface area contributed by atoms with Crippen LogP contribution in [0.5, 0.6) is 0 Å². The van der Waals surface area contributed by atoms with Gasteiger partial charge >= 0.3 is 0 Å². The predicted molar refractivity (Wildman–Crippen MR) is 173 cm³/mol. The Morgan fingerprint density at radius 3 is 1.21 bits per heavy atom. The summed E-state index contributed by atoms with van der Waals surface area (Å²) in [5, 5.41) is 20.0. The Kier molecular flexibility index (Phi) is 33.0. The normalized spacial score (nSPS) is 13.6. The van der Waals surface area contributed by atoms with Gasteiger partial charge in [0, 0.05) is 13.2 Å². The zero-order valence-electron chi connectivity index (χ0n) is 26.6. The maximum absolute atomic E-state index is 9.98. The average molecular weight is 551 g/mol. The monoisotopic (exact) mass is 551 g/mol. The van der Waals surface area contributed by atoms with Crippen LogP contribution in [0, 0.1) is 0 Å². The fourth-order valence-corrected chi connectivity index (χ4v) is 5.04. The summed E-state index contributed by atoms with van der Waals surface area (Å²) in [6.07, 6.45) is 40.0. The van der Waals surface area contributed by atoms with Gasteiger partial charge in [-0.05, 0) is 64.2 Å². The first-order valence-electron chi connectivity index (χ1n) is 17.4. The fourth-order valence-electron chi connectivity index (χ4n) is 5.04. The maximum atomic E-state index is 9.98. The van der Waals surface area contributed by atoms with Crippen LogP contribution in [0.2, 0.25) is 0 Å². The van der Waals surface area contributed by atoms with E-state index < -0.39 is 0 Å². The van der Waals surface area contributed by atoms with Crippen molar-refractivity contribution < 1.29 is 14.9 Å². The van der Waals surface area contributed by atoms with Gasteiger partial charge in [-0.1, -0.05) is 141 Å². The lowest BCUT2D eigenvalue weighted by molar-refractivity contribution is 0.125. The number of rotatable bonds is 32. The van der Waals surface area contributed by atoms with Gasteiger partial charge in [-0.25, -0.2) is 0 Å². The molecular weight excluding hydrogens is 480 g/mol. The molecule has 0 saturated heterocycles. The van der Waals surface area contributed by atoms with E-state index in [0.29, 0.717) is 0 Å². The molecule has 0 bridgehead atoms. The molecule has 0 amide bonds. The van der Waals surface area contributed by atoms with Crippen molar-refractivity contribution in [2.75, 3.05) is 13.2 Å². The van der Waals surface area contributed by atoms with Crippen molar-refractivity contribution in [3.63, 3.8) is 0 Å². The summed E-state index contributed by atoms with van der Waals surface area (Å²) in [5.41, 5.74) is 0. The van der Waals surface area contributed by atoms with Gasteiger partial charge in [-0.2, -0.15) is 0 Å². The van der Waals surface area contributed by atoms with E-state index in [2.05, 4.69) is 38.2 Å². The van der Waals surface area contributed by atoms with Gasteiger partial charge in [0.05, 0.1) is 12.2 Å². The van der Waals surface area contributed by atoms with Crippen molar-refractivity contribution in [3.05, 3.63) is 24.3 Å². The third-order valence-electron chi connectivity index (χ3n) is 7.75. The Morgan fingerprint density at radius 1 is 0.436 bits per heavy atom. The zero-order chi connectivity index (χ0) is 28.5. The Bertz CT molecular complexity index is 458. The molecule has 0 aromatic heterocycles. The van der Waals surface area contributed by atoms with E-state index in [0.717, 1.165) is 51.7 Å². The van der Waals surface area contributed by atoms with Crippen LogP contribution in [0.1, 0.15) is 181 Å². The number of hydrogen-bond acceptors (Lipinski definition) is 3. The Hall–Kier alpha value is -0.640. The predicted octanol–water partition coefficient (Wildman–Crippen LogP) is 11.0. The topological polar surface area (TPSA) is 49.7 Å². The highest BCUT2D eigenvalue weighted by Crippen LogP contribution is 2.12. The summed E-state index contributed by atoms with van der Waals surface area (Å²) in [4.78, 5) is 0. The van der Waals surface area contributed by atoms with Crippen LogP contribution < -0.4 is 0 Å². The summed E-state index contributed by atoms with van der Waals surface area (Å²) in [5.74, 6) is 0. The SMILES string of the molecule is CCCCCC[C@@H](O)C/C=C\CCCCCCCCOCCCCCCCC/C=C\C[C@H](O)CCCCCC. The van der Waals surface area contributed by atoms with Gasteiger partial charge < -0.3 is 14.9 Å². The second kappa shape index (κ2) is 33.6. The molecule has 0 spiro atoms. The van der Waals surface area contributed by atoms with Crippen molar-refractivity contribution in [3.8, 4) is 0 Å². The van der Waals surface area contributed by atoms with Gasteiger partial charge in [-0.3, -0.25) is 0 Å². The first kappa shape index (κ1) is 38.4. The van der Waals surface area contributed by atoms with Gasteiger partial charge in [0.15, 0.2) is 0 Å². The first-order chi connectivity index (χ1) is 19.2. The molecule has 2 N–H and O–H groups in total. The van der Waals surface area contributed by atoms with E-state index in [1.165, 1.54) is 128 Å². The van der Waals surface area contributed by atoms with Gasteiger partial charge in [0.2, 0.25) is 0 Å². The van der Waals surface area contributed by atoms with E-state index in [1.807, 2.05) is 0 Å². The van der Waals surface area contributed by atoms with Gasteiger partial charge in [0.1, 0.15) is 0 Å². The molecule has 0 saturated carbocycles. The Labute approximate surface area is 245 Å². The lowest BCUT2D eigenvalue weighted by atomic mass is 10.1. The molecule has 3 heteroatoms. The van der Waals surface area contributed by atoms with E-state index in [9.17, 15) is 10.2 Å². The molecule has 0 unspecified atom stereocenters. The smallest absolute Gasteiger partial charge is 0.0574 e. The molecule has 0 aliphatic carbocycles. The van der Waals surface area contributed by atoms with E-state index in [1.54, 1.807) is 0 Å². The maximum Gasteiger partial charge on any atom is 0.0574 e. The molecule has 0 heterocycles. The average Bonchev–Trinajstić information content (AvgIpc) is 2.94. The van der Waals surface area contributed by atoms with E-state index in [-0.39, 0.29) is 12.2 Å². The lowest BCUT2D eigenvalue weighted by Gasteiger charge is -2.07. The minimum absolute atomic E-state index is 0.139. The van der Waals surface area contributed by atoms with Gasteiger partial charge in [0.25, 0.3) is 0 Å². The van der Waals surface area contributed by atoms with Crippen LogP contribution in [0.4, 0.5) is 0 Å². The summed E-state index contributed by atoms with van der Waals surface area (Å²) in [6, 6.07) is 0. The van der Waals surface area contributed by atoms with Crippen LogP contribution >= 0.6 is 0 Å². The molecular formula is C36H70O3. The molecule has 232 valence electrons. The summed E-state index contributed by atoms with van der Waals surface area (Å²) in [7, 11) is 0. The molecule has 39 heavy (non-hydrogen) atoms. The number of unbranched alkanes of at least 4 members (excludes halogenated alkanes) is 18. The number of allylic oxidation sites excluding steroid dienone is 2. The molecule has 0 radical (unpaired) electrons.